The van der Waals surface area contributed by atoms with E-state index < -0.39 is 0 Å². The topological polar surface area (TPSA) is 80.8 Å². The molecule has 1 aromatic heterocycles. The number of fused-ring (bicyclic) bond motifs is 1. The van der Waals surface area contributed by atoms with Crippen molar-refractivity contribution in [3.63, 3.8) is 0 Å². The van der Waals surface area contributed by atoms with E-state index in [-0.39, 0.29) is 23.9 Å². The molecule has 0 bridgehead atoms. The number of piperidine rings is 1. The van der Waals surface area contributed by atoms with Crippen LogP contribution >= 0.6 is 11.3 Å². The summed E-state index contributed by atoms with van der Waals surface area (Å²) in [5.41, 5.74) is 3.07. The molecule has 2 aromatic carbocycles. The minimum Gasteiger partial charge on any atom is -0.497 e. The van der Waals surface area contributed by atoms with Gasteiger partial charge in [-0.25, -0.2) is 4.98 Å². The van der Waals surface area contributed by atoms with E-state index in [0.29, 0.717) is 35.2 Å². The van der Waals surface area contributed by atoms with E-state index in [1.807, 2.05) is 36.9 Å². The first-order valence-electron chi connectivity index (χ1n) is 11.8. The summed E-state index contributed by atoms with van der Waals surface area (Å²) in [5.74, 6) is 1.26. The summed E-state index contributed by atoms with van der Waals surface area (Å²) < 4.78 is 10.6. The largest absolute Gasteiger partial charge is 0.497 e. The van der Waals surface area contributed by atoms with E-state index >= 15 is 0 Å². The molecule has 1 saturated carbocycles. The summed E-state index contributed by atoms with van der Waals surface area (Å²) in [7, 11) is 3.09. The third-order valence-corrected chi connectivity index (χ3v) is 7.83. The predicted octanol–water partition coefficient (Wildman–Crippen LogP) is 4.48. The van der Waals surface area contributed by atoms with Crippen molar-refractivity contribution in [3.05, 3.63) is 64.3 Å². The number of aromatic nitrogens is 1. The third-order valence-electron chi connectivity index (χ3n) is 6.81. The Balaban J connectivity index is 1.36. The molecule has 1 saturated heterocycles. The average Bonchev–Trinajstić information content (AvgIpc) is 3.35. The van der Waals surface area contributed by atoms with Crippen LogP contribution in [-0.2, 0) is 0 Å². The van der Waals surface area contributed by atoms with Crippen LogP contribution in [0.15, 0.2) is 42.5 Å². The fourth-order valence-corrected chi connectivity index (χ4v) is 5.94. The minimum atomic E-state index is -0.251. The first-order chi connectivity index (χ1) is 16.9. The van der Waals surface area contributed by atoms with Crippen LogP contribution in [0.5, 0.6) is 11.5 Å². The molecule has 1 N–H and O–H groups in total. The first kappa shape index (κ1) is 23.4. The summed E-state index contributed by atoms with van der Waals surface area (Å²) in [6, 6.07) is 13.5. The number of carbonyl (C=O) groups is 2. The fraction of sp³-hybridized carbons (Fsp3) is 0.370. The Morgan fingerprint density at radius 1 is 1.11 bits per heavy atom. The van der Waals surface area contributed by atoms with E-state index in [1.54, 1.807) is 36.6 Å². The summed E-state index contributed by atoms with van der Waals surface area (Å²) in [4.78, 5) is 34.3. The van der Waals surface area contributed by atoms with Crippen molar-refractivity contribution in [2.75, 3.05) is 20.8 Å². The van der Waals surface area contributed by atoms with Crippen molar-refractivity contribution in [1.29, 1.82) is 0 Å². The van der Waals surface area contributed by atoms with Gasteiger partial charge in [-0.2, -0.15) is 0 Å². The molecule has 2 amide bonds. The molecule has 0 radical (unpaired) electrons. The highest BCUT2D eigenvalue weighted by atomic mass is 32.1. The smallest absolute Gasteiger partial charge is 0.274 e. The molecule has 5 rings (SSSR count). The van der Waals surface area contributed by atoms with Gasteiger partial charge < -0.3 is 19.7 Å². The maximum absolute atomic E-state index is 13.8. The molecular weight excluding hydrogens is 462 g/mol. The van der Waals surface area contributed by atoms with Gasteiger partial charge in [0.15, 0.2) is 0 Å². The SMILES string of the molecule is COc1ccc(OC)c(C(=O)NC[C@@H]2C[C@@H]3C[C@@H]3N2C(=O)c2nc(C)sc2-c2cccc(C)c2)c1. The Kier molecular flexibility index (Phi) is 6.23. The van der Waals surface area contributed by atoms with Gasteiger partial charge in [0.2, 0.25) is 0 Å². The maximum atomic E-state index is 13.8. The molecule has 0 unspecified atom stereocenters. The lowest BCUT2D eigenvalue weighted by Crippen LogP contribution is -2.45. The summed E-state index contributed by atoms with van der Waals surface area (Å²) >= 11 is 1.55. The molecule has 7 nitrogen and oxygen atoms in total. The second-order valence-corrected chi connectivity index (χ2v) is 10.4. The van der Waals surface area contributed by atoms with Gasteiger partial charge in [0.05, 0.1) is 35.7 Å². The number of ether oxygens (including phenoxy) is 2. The van der Waals surface area contributed by atoms with Crippen molar-refractivity contribution < 1.29 is 19.1 Å². The highest BCUT2D eigenvalue weighted by Crippen LogP contribution is 2.49. The molecule has 2 heterocycles. The quantitative estimate of drug-likeness (QED) is 0.527. The second kappa shape index (κ2) is 9.34. The third kappa shape index (κ3) is 4.50. The van der Waals surface area contributed by atoms with E-state index in [4.69, 9.17) is 9.47 Å². The molecule has 182 valence electrons. The van der Waals surface area contributed by atoms with E-state index in [2.05, 4.69) is 16.4 Å². The Morgan fingerprint density at radius 3 is 2.69 bits per heavy atom. The van der Waals surface area contributed by atoms with Crippen LogP contribution in [0.25, 0.3) is 10.4 Å². The van der Waals surface area contributed by atoms with Crippen molar-refractivity contribution in [1.82, 2.24) is 15.2 Å². The number of hydrogen-bond donors (Lipinski definition) is 1. The number of amides is 2. The van der Waals surface area contributed by atoms with Gasteiger partial charge in [0.1, 0.15) is 17.2 Å². The zero-order valence-corrected chi connectivity index (χ0v) is 21.1. The molecule has 3 atom stereocenters. The van der Waals surface area contributed by atoms with Crippen LogP contribution in [-0.4, -0.2) is 54.5 Å². The van der Waals surface area contributed by atoms with E-state index in [0.717, 1.165) is 33.9 Å². The van der Waals surface area contributed by atoms with E-state index in [1.165, 1.54) is 7.11 Å². The number of likely N-dealkylation sites (tertiary alicyclic amines) is 1. The van der Waals surface area contributed by atoms with Gasteiger partial charge >= 0.3 is 0 Å². The number of benzene rings is 2. The summed E-state index contributed by atoms with van der Waals surface area (Å²) in [6.07, 6.45) is 1.90. The average molecular weight is 492 g/mol. The number of rotatable bonds is 7. The molecule has 8 heteroatoms. The van der Waals surface area contributed by atoms with Gasteiger partial charge in [-0.05, 0) is 56.4 Å². The zero-order valence-electron chi connectivity index (χ0n) is 20.3. The van der Waals surface area contributed by atoms with Crippen LogP contribution in [0.4, 0.5) is 0 Å². The lowest BCUT2D eigenvalue weighted by atomic mass is 10.1. The molecule has 3 aromatic rings. The molecule has 1 aliphatic heterocycles. The second-order valence-electron chi connectivity index (χ2n) is 9.22. The number of aryl methyl sites for hydroxylation is 2. The fourth-order valence-electron chi connectivity index (χ4n) is 5.03. The normalized spacial score (nSPS) is 20.3. The summed E-state index contributed by atoms with van der Waals surface area (Å²) in [6.45, 7) is 4.36. The highest BCUT2D eigenvalue weighted by molar-refractivity contribution is 7.15. The van der Waals surface area contributed by atoms with Gasteiger partial charge in [0.25, 0.3) is 11.8 Å². The predicted molar refractivity (Wildman–Crippen MR) is 135 cm³/mol. The Morgan fingerprint density at radius 2 is 1.94 bits per heavy atom. The highest BCUT2D eigenvalue weighted by Gasteiger charge is 2.54. The van der Waals surface area contributed by atoms with Crippen LogP contribution in [0.1, 0.15) is 44.3 Å². The molecular formula is C27H29N3O4S. The number of nitrogens with one attached hydrogen (secondary N) is 1. The van der Waals surface area contributed by atoms with Crippen LogP contribution < -0.4 is 14.8 Å². The summed E-state index contributed by atoms with van der Waals surface area (Å²) in [5, 5.41) is 3.88. The zero-order chi connectivity index (χ0) is 24.7. The monoisotopic (exact) mass is 491 g/mol. The van der Waals surface area contributed by atoms with Crippen molar-refractivity contribution >= 4 is 23.2 Å². The first-order valence-corrected chi connectivity index (χ1v) is 12.6. The van der Waals surface area contributed by atoms with Gasteiger partial charge in [-0.3, -0.25) is 9.59 Å². The number of carbonyl (C=O) groups excluding carboxylic acids is 2. The molecule has 2 aliphatic rings. The van der Waals surface area contributed by atoms with Gasteiger partial charge in [0, 0.05) is 12.6 Å². The lowest BCUT2D eigenvalue weighted by Gasteiger charge is -2.28. The Labute approximate surface area is 209 Å². The standard InChI is InChI=1S/C27H29N3O4S/c1-15-6-5-7-17(10-15)25-24(29-16(2)35-25)27(32)30-19(11-18-12-22(18)30)14-28-26(31)21-13-20(33-3)8-9-23(21)34-4/h5-10,13,18-19,22H,11-12,14H2,1-4H3,(H,28,31)/t18-,19+,22+/m1/s1. The number of nitrogens with zero attached hydrogens (tertiary/aromatic N) is 2. The van der Waals surface area contributed by atoms with Crippen LogP contribution in [0, 0.1) is 19.8 Å². The number of thiazole rings is 1. The van der Waals surface area contributed by atoms with Crippen molar-refractivity contribution in [2.45, 2.75) is 38.8 Å². The molecule has 1 aliphatic carbocycles. The van der Waals surface area contributed by atoms with Gasteiger partial charge in [-0.1, -0.05) is 29.8 Å². The van der Waals surface area contributed by atoms with E-state index in [9.17, 15) is 9.59 Å². The lowest BCUT2D eigenvalue weighted by molar-refractivity contribution is 0.0684. The molecule has 2 fully saturated rings. The van der Waals surface area contributed by atoms with Crippen LogP contribution in [0.3, 0.4) is 0 Å². The maximum Gasteiger partial charge on any atom is 0.274 e. The number of methoxy groups -OCH3 is 2. The van der Waals surface area contributed by atoms with Gasteiger partial charge in [-0.15, -0.1) is 11.3 Å². The molecule has 35 heavy (non-hydrogen) atoms. The molecule has 0 spiro atoms. The Hall–Kier alpha value is -3.39. The Bertz CT molecular complexity index is 1290. The minimum absolute atomic E-state index is 0.0472. The van der Waals surface area contributed by atoms with Crippen molar-refractivity contribution in [2.24, 2.45) is 5.92 Å². The van der Waals surface area contributed by atoms with Crippen molar-refractivity contribution in [3.8, 4) is 21.9 Å². The number of hydrogen-bond acceptors (Lipinski definition) is 6. The van der Waals surface area contributed by atoms with Crippen LogP contribution in [0.2, 0.25) is 0 Å².